The molecule has 134 valence electrons. The summed E-state index contributed by atoms with van der Waals surface area (Å²) in [5.74, 6) is -1.33. The van der Waals surface area contributed by atoms with Gasteiger partial charge in [-0.05, 0) is 42.5 Å². The first-order valence-corrected chi connectivity index (χ1v) is 9.00. The number of pyridine rings is 1. The molecule has 4 nitrogen and oxygen atoms in total. The van der Waals surface area contributed by atoms with Gasteiger partial charge in [-0.1, -0.05) is 13.0 Å². The van der Waals surface area contributed by atoms with E-state index in [1.165, 1.54) is 23.9 Å². The number of benzene rings is 1. The molecule has 0 aliphatic rings. The first-order chi connectivity index (χ1) is 12.0. The summed E-state index contributed by atoms with van der Waals surface area (Å²) in [6, 6.07) is 6.16. The van der Waals surface area contributed by atoms with E-state index in [0.717, 1.165) is 10.8 Å². The number of nitrogens with one attached hydrogen (secondary N) is 1. The van der Waals surface area contributed by atoms with Crippen LogP contribution in [0.5, 0.6) is 0 Å². The largest absolute Gasteiger partial charge is 0.481 e. The van der Waals surface area contributed by atoms with Crippen LogP contribution in [-0.2, 0) is 11.3 Å². The van der Waals surface area contributed by atoms with Gasteiger partial charge in [0.25, 0.3) is 0 Å². The highest BCUT2D eigenvalue weighted by Gasteiger charge is 2.14. The van der Waals surface area contributed by atoms with Gasteiger partial charge in [-0.3, -0.25) is 4.79 Å². The minimum Gasteiger partial charge on any atom is -0.481 e. The number of carboxylic acid groups (broad SMARTS) is 1. The van der Waals surface area contributed by atoms with Gasteiger partial charge in [0.05, 0.1) is 0 Å². The lowest BCUT2D eigenvalue weighted by Crippen LogP contribution is -2.17. The third-order valence-corrected chi connectivity index (χ3v) is 4.44. The number of rotatable bonds is 9. The zero-order chi connectivity index (χ0) is 18.2. The summed E-state index contributed by atoms with van der Waals surface area (Å²) in [6.45, 7) is 2.39. The Bertz CT molecular complexity index is 718. The molecule has 2 N–H and O–H groups in total. The van der Waals surface area contributed by atoms with E-state index in [-0.39, 0.29) is 18.5 Å². The molecule has 1 aromatic heterocycles. The van der Waals surface area contributed by atoms with Gasteiger partial charge in [-0.2, -0.15) is 0 Å². The summed E-state index contributed by atoms with van der Waals surface area (Å²) in [4.78, 5) is 14.7. The lowest BCUT2D eigenvalue weighted by molar-refractivity contribution is -0.137. The van der Waals surface area contributed by atoms with E-state index in [1.807, 2.05) is 6.92 Å². The van der Waals surface area contributed by atoms with Gasteiger partial charge in [-0.15, -0.1) is 11.8 Å². The Morgan fingerprint density at radius 3 is 2.68 bits per heavy atom. The third kappa shape index (κ3) is 5.51. The molecule has 0 spiro atoms. The van der Waals surface area contributed by atoms with E-state index >= 15 is 0 Å². The highest BCUT2D eigenvalue weighted by atomic mass is 32.2. The molecule has 1 heterocycles. The van der Waals surface area contributed by atoms with Crippen LogP contribution in [0.4, 0.5) is 8.78 Å². The van der Waals surface area contributed by atoms with E-state index in [4.69, 9.17) is 5.11 Å². The lowest BCUT2D eigenvalue weighted by Gasteiger charge is -2.11. The lowest BCUT2D eigenvalue weighted by atomic mass is 10.0. The number of nitrogens with zero attached hydrogens (tertiary/aromatic N) is 1. The van der Waals surface area contributed by atoms with E-state index in [9.17, 15) is 13.6 Å². The molecule has 0 fully saturated rings. The molecule has 7 heteroatoms. The molecule has 0 saturated carbocycles. The number of thioether (sulfide) groups is 1. The molecule has 0 aliphatic heterocycles. The Balaban J connectivity index is 2.13. The van der Waals surface area contributed by atoms with Crippen LogP contribution in [0.2, 0.25) is 0 Å². The SMILES string of the molecule is CCSc1ncccc1-c1cc(F)c(CNCCCC(=O)O)c(F)c1. The van der Waals surface area contributed by atoms with Crippen LogP contribution in [-0.4, -0.2) is 28.4 Å². The molecule has 2 rings (SSSR count). The molecule has 0 atom stereocenters. The van der Waals surface area contributed by atoms with Crippen molar-refractivity contribution in [3.05, 3.63) is 47.7 Å². The average Bonchev–Trinajstić information content (AvgIpc) is 2.57. The number of aliphatic carboxylic acids is 1. The molecule has 0 saturated heterocycles. The van der Waals surface area contributed by atoms with Crippen LogP contribution in [0.3, 0.4) is 0 Å². The van der Waals surface area contributed by atoms with Gasteiger partial charge in [0.15, 0.2) is 0 Å². The highest BCUT2D eigenvalue weighted by Crippen LogP contribution is 2.31. The van der Waals surface area contributed by atoms with Crippen molar-refractivity contribution >= 4 is 17.7 Å². The second kappa shape index (κ2) is 9.48. The van der Waals surface area contributed by atoms with Crippen LogP contribution in [0.15, 0.2) is 35.5 Å². The zero-order valence-electron chi connectivity index (χ0n) is 13.9. The standard InChI is InChI=1S/C18H20F2N2O2S/c1-2-25-18-13(5-3-8-22-18)12-9-15(19)14(16(20)10-12)11-21-7-4-6-17(23)24/h3,5,8-10,21H,2,4,6-7,11H2,1H3,(H,23,24). The molecule has 25 heavy (non-hydrogen) atoms. The Hall–Kier alpha value is -1.99. The van der Waals surface area contributed by atoms with Crippen LogP contribution < -0.4 is 5.32 Å². The first kappa shape index (κ1) is 19.3. The summed E-state index contributed by atoms with van der Waals surface area (Å²) >= 11 is 1.52. The van der Waals surface area contributed by atoms with Gasteiger partial charge < -0.3 is 10.4 Å². The molecular formula is C18H20F2N2O2S. The maximum atomic E-state index is 14.4. The van der Waals surface area contributed by atoms with E-state index in [0.29, 0.717) is 24.1 Å². The van der Waals surface area contributed by atoms with Gasteiger partial charge in [0.1, 0.15) is 16.7 Å². The minimum absolute atomic E-state index is 0.0151. The Morgan fingerprint density at radius 1 is 1.32 bits per heavy atom. The molecular weight excluding hydrogens is 346 g/mol. The maximum absolute atomic E-state index is 14.4. The molecule has 0 amide bonds. The fourth-order valence-corrected chi connectivity index (χ4v) is 3.12. The number of hydrogen-bond donors (Lipinski definition) is 2. The summed E-state index contributed by atoms with van der Waals surface area (Å²) in [5.41, 5.74) is 1.11. The maximum Gasteiger partial charge on any atom is 0.303 e. The Kier molecular flexibility index (Phi) is 7.33. The van der Waals surface area contributed by atoms with Crippen molar-refractivity contribution in [2.24, 2.45) is 0 Å². The number of hydrogen-bond acceptors (Lipinski definition) is 4. The first-order valence-electron chi connectivity index (χ1n) is 8.01. The van der Waals surface area contributed by atoms with Crippen molar-refractivity contribution in [2.45, 2.75) is 31.3 Å². The summed E-state index contributed by atoms with van der Waals surface area (Å²) in [5, 5.41) is 12.2. The number of aromatic nitrogens is 1. The number of carbonyl (C=O) groups is 1. The fraction of sp³-hybridized carbons (Fsp3) is 0.333. The number of carboxylic acids is 1. The molecule has 1 aromatic carbocycles. The third-order valence-electron chi connectivity index (χ3n) is 3.55. The van der Waals surface area contributed by atoms with E-state index < -0.39 is 17.6 Å². The predicted molar refractivity (Wildman–Crippen MR) is 94.6 cm³/mol. The monoisotopic (exact) mass is 366 g/mol. The van der Waals surface area contributed by atoms with Gasteiger partial charge in [-0.25, -0.2) is 13.8 Å². The van der Waals surface area contributed by atoms with E-state index in [1.54, 1.807) is 18.3 Å². The Morgan fingerprint density at radius 2 is 2.04 bits per heavy atom. The zero-order valence-corrected chi connectivity index (χ0v) is 14.7. The van der Waals surface area contributed by atoms with Crippen molar-refractivity contribution in [2.75, 3.05) is 12.3 Å². The van der Waals surface area contributed by atoms with Crippen molar-refractivity contribution in [3.8, 4) is 11.1 Å². The van der Waals surface area contributed by atoms with Crippen LogP contribution >= 0.6 is 11.8 Å². The van der Waals surface area contributed by atoms with Crippen LogP contribution in [0.25, 0.3) is 11.1 Å². The van der Waals surface area contributed by atoms with Crippen LogP contribution in [0.1, 0.15) is 25.3 Å². The summed E-state index contributed by atoms with van der Waals surface area (Å²) in [6.07, 6.45) is 2.09. The molecule has 0 bridgehead atoms. The molecule has 0 radical (unpaired) electrons. The second-order valence-corrected chi connectivity index (χ2v) is 6.63. The van der Waals surface area contributed by atoms with Crippen molar-refractivity contribution in [3.63, 3.8) is 0 Å². The smallest absolute Gasteiger partial charge is 0.303 e. The summed E-state index contributed by atoms with van der Waals surface area (Å²) in [7, 11) is 0. The van der Waals surface area contributed by atoms with Crippen molar-refractivity contribution in [1.29, 1.82) is 0 Å². The van der Waals surface area contributed by atoms with Gasteiger partial charge in [0, 0.05) is 30.3 Å². The average molecular weight is 366 g/mol. The van der Waals surface area contributed by atoms with Crippen molar-refractivity contribution < 1.29 is 18.7 Å². The van der Waals surface area contributed by atoms with Crippen LogP contribution in [0, 0.1) is 11.6 Å². The highest BCUT2D eigenvalue weighted by molar-refractivity contribution is 7.99. The predicted octanol–water partition coefficient (Wildman–Crippen LogP) is 4.09. The topological polar surface area (TPSA) is 62.2 Å². The van der Waals surface area contributed by atoms with Gasteiger partial charge in [0.2, 0.25) is 0 Å². The quantitative estimate of drug-likeness (QED) is 0.517. The van der Waals surface area contributed by atoms with E-state index in [2.05, 4.69) is 10.3 Å². The molecule has 2 aromatic rings. The minimum atomic E-state index is -0.888. The van der Waals surface area contributed by atoms with Gasteiger partial charge >= 0.3 is 5.97 Å². The normalized spacial score (nSPS) is 10.8. The second-order valence-electron chi connectivity index (χ2n) is 5.38. The van der Waals surface area contributed by atoms with Crippen molar-refractivity contribution in [1.82, 2.24) is 10.3 Å². The summed E-state index contributed by atoms with van der Waals surface area (Å²) < 4.78 is 28.7. The molecule has 0 aliphatic carbocycles. The Labute approximate surface area is 149 Å². The fourth-order valence-electron chi connectivity index (χ4n) is 2.37. The molecule has 0 unspecified atom stereocenters. The number of halogens is 2.